The molecular formula is C6H3IO2. The van der Waals surface area contributed by atoms with Crippen LogP contribution in [-0.2, 0) is 9.59 Å². The van der Waals surface area contributed by atoms with Gasteiger partial charge < -0.3 is 0 Å². The van der Waals surface area contributed by atoms with Gasteiger partial charge in [-0.05, 0) is 34.7 Å². The lowest BCUT2D eigenvalue weighted by Gasteiger charge is -1.95. The lowest BCUT2D eigenvalue weighted by molar-refractivity contribution is -0.131. The Morgan fingerprint density at radius 3 is 2.44 bits per heavy atom. The number of ketones is 2. The molecule has 0 heterocycles. The molecule has 0 unspecified atom stereocenters. The molecule has 46 valence electrons. The van der Waals surface area contributed by atoms with E-state index in [2.05, 4.69) is 0 Å². The largest absolute Gasteiger partial charge is 0.286 e. The van der Waals surface area contributed by atoms with Crippen molar-refractivity contribution in [2.24, 2.45) is 0 Å². The summed E-state index contributed by atoms with van der Waals surface area (Å²) < 4.78 is 0.486. The average molecular weight is 234 g/mol. The lowest BCUT2D eigenvalue weighted by atomic mass is 10.1. The molecule has 0 aromatic heterocycles. The van der Waals surface area contributed by atoms with Gasteiger partial charge in [0.2, 0.25) is 11.6 Å². The monoisotopic (exact) mass is 234 g/mol. The molecule has 0 bridgehead atoms. The Balaban J connectivity index is 3.00. The predicted octanol–water partition coefficient (Wildman–Crippen LogP) is 1.01. The third kappa shape index (κ3) is 1.27. The third-order valence-corrected chi connectivity index (χ3v) is 1.78. The zero-order valence-corrected chi connectivity index (χ0v) is 6.58. The van der Waals surface area contributed by atoms with Gasteiger partial charge in [-0.15, -0.1) is 0 Å². The number of hydrogen-bond acceptors (Lipinski definition) is 2. The second-order valence-electron chi connectivity index (χ2n) is 1.57. The van der Waals surface area contributed by atoms with Crippen LogP contribution >= 0.6 is 22.6 Å². The van der Waals surface area contributed by atoms with Crippen LogP contribution in [-0.4, -0.2) is 11.6 Å². The highest BCUT2D eigenvalue weighted by molar-refractivity contribution is 14.1. The Morgan fingerprint density at radius 1 is 1.33 bits per heavy atom. The summed E-state index contributed by atoms with van der Waals surface area (Å²) in [5, 5.41) is 0. The number of Topliss-reactive ketones (excluding diaryl/α,β-unsaturated/α-hetero) is 1. The van der Waals surface area contributed by atoms with Crippen molar-refractivity contribution < 1.29 is 9.59 Å². The van der Waals surface area contributed by atoms with Gasteiger partial charge in [-0.3, -0.25) is 9.59 Å². The smallest absolute Gasteiger partial charge is 0.238 e. The van der Waals surface area contributed by atoms with Gasteiger partial charge in [0.15, 0.2) is 0 Å². The highest BCUT2D eigenvalue weighted by Gasteiger charge is 2.15. The highest BCUT2D eigenvalue weighted by Crippen LogP contribution is 2.11. The van der Waals surface area contributed by atoms with Crippen LogP contribution in [0.25, 0.3) is 0 Å². The molecule has 0 saturated heterocycles. The van der Waals surface area contributed by atoms with Crippen LogP contribution in [0.15, 0.2) is 21.8 Å². The zero-order valence-electron chi connectivity index (χ0n) is 4.43. The van der Waals surface area contributed by atoms with E-state index in [1.165, 1.54) is 6.08 Å². The summed E-state index contributed by atoms with van der Waals surface area (Å²) in [6, 6.07) is 0. The van der Waals surface area contributed by atoms with Gasteiger partial charge >= 0.3 is 0 Å². The molecule has 1 rings (SSSR count). The van der Waals surface area contributed by atoms with Gasteiger partial charge in [0.05, 0.1) is 3.58 Å². The van der Waals surface area contributed by atoms with E-state index >= 15 is 0 Å². The first kappa shape index (κ1) is 6.67. The lowest BCUT2D eigenvalue weighted by Crippen LogP contribution is -2.12. The average Bonchev–Trinajstić information content (AvgIpc) is 1.83. The van der Waals surface area contributed by atoms with Gasteiger partial charge in [0.1, 0.15) is 0 Å². The molecule has 0 atom stereocenters. The Morgan fingerprint density at radius 2 is 2.00 bits per heavy atom. The van der Waals surface area contributed by atoms with Crippen molar-refractivity contribution in [2.75, 3.05) is 0 Å². The van der Waals surface area contributed by atoms with E-state index in [9.17, 15) is 9.59 Å². The zero-order chi connectivity index (χ0) is 6.85. The molecule has 0 radical (unpaired) electrons. The second-order valence-corrected chi connectivity index (χ2v) is 2.73. The first-order valence-electron chi connectivity index (χ1n) is 2.34. The minimum absolute atomic E-state index is 0.405. The topological polar surface area (TPSA) is 34.1 Å². The molecule has 3 heteroatoms. The standard InChI is InChI=1S/C6H3IO2/c7-4-2-1-3-5(8)6(4)9/h1-3H. The summed E-state index contributed by atoms with van der Waals surface area (Å²) in [6.45, 7) is 0. The number of rotatable bonds is 0. The number of carbonyl (C=O) groups excluding carboxylic acids is 2. The summed E-state index contributed by atoms with van der Waals surface area (Å²) in [5.41, 5.74) is 0. The van der Waals surface area contributed by atoms with E-state index in [1.54, 1.807) is 12.2 Å². The van der Waals surface area contributed by atoms with Crippen LogP contribution < -0.4 is 0 Å². The van der Waals surface area contributed by atoms with E-state index < -0.39 is 11.6 Å². The summed E-state index contributed by atoms with van der Waals surface area (Å²) in [5.74, 6) is -0.833. The molecule has 2 nitrogen and oxygen atoms in total. The molecule has 1 aliphatic rings. The van der Waals surface area contributed by atoms with E-state index in [4.69, 9.17) is 0 Å². The highest BCUT2D eigenvalue weighted by atomic mass is 127. The van der Waals surface area contributed by atoms with Crippen LogP contribution in [0, 0.1) is 0 Å². The van der Waals surface area contributed by atoms with Gasteiger partial charge in [0.25, 0.3) is 0 Å². The Labute approximate surface area is 65.8 Å². The Hall–Kier alpha value is -0.450. The minimum Gasteiger partial charge on any atom is -0.286 e. The fourth-order valence-electron chi connectivity index (χ4n) is 0.489. The van der Waals surface area contributed by atoms with E-state index in [0.29, 0.717) is 3.58 Å². The summed E-state index contributed by atoms with van der Waals surface area (Å²) in [6.07, 6.45) is 4.46. The first-order valence-corrected chi connectivity index (χ1v) is 3.42. The van der Waals surface area contributed by atoms with Crippen LogP contribution in [0.3, 0.4) is 0 Å². The molecule has 0 aromatic carbocycles. The maximum Gasteiger partial charge on any atom is 0.238 e. The Bertz CT molecular complexity index is 225. The van der Waals surface area contributed by atoms with Crippen molar-refractivity contribution in [3.05, 3.63) is 21.8 Å². The number of allylic oxidation sites excluding steroid dienone is 4. The number of hydrogen-bond donors (Lipinski definition) is 0. The molecule has 0 aliphatic heterocycles. The predicted molar refractivity (Wildman–Crippen MR) is 41.3 cm³/mol. The molecule has 0 amide bonds. The van der Waals surface area contributed by atoms with Crippen molar-refractivity contribution in [1.29, 1.82) is 0 Å². The van der Waals surface area contributed by atoms with Crippen molar-refractivity contribution in [3.8, 4) is 0 Å². The van der Waals surface area contributed by atoms with E-state index in [0.717, 1.165) is 0 Å². The summed E-state index contributed by atoms with van der Waals surface area (Å²) in [7, 11) is 0. The number of halogens is 1. The summed E-state index contributed by atoms with van der Waals surface area (Å²) >= 11 is 1.84. The van der Waals surface area contributed by atoms with Gasteiger partial charge in [-0.1, -0.05) is 6.08 Å². The third-order valence-electron chi connectivity index (χ3n) is 0.931. The van der Waals surface area contributed by atoms with Gasteiger partial charge in [-0.25, -0.2) is 0 Å². The van der Waals surface area contributed by atoms with Crippen LogP contribution in [0.4, 0.5) is 0 Å². The van der Waals surface area contributed by atoms with Gasteiger partial charge in [0, 0.05) is 0 Å². The van der Waals surface area contributed by atoms with Crippen molar-refractivity contribution in [1.82, 2.24) is 0 Å². The SMILES string of the molecule is O=C1C=CC=C(I)C1=O. The molecule has 0 saturated carbocycles. The van der Waals surface area contributed by atoms with Crippen molar-refractivity contribution in [3.63, 3.8) is 0 Å². The Kier molecular flexibility index (Phi) is 1.80. The van der Waals surface area contributed by atoms with E-state index in [1.807, 2.05) is 22.6 Å². The summed E-state index contributed by atoms with van der Waals surface area (Å²) in [4.78, 5) is 21.2. The minimum atomic E-state index is -0.429. The molecule has 9 heavy (non-hydrogen) atoms. The van der Waals surface area contributed by atoms with Crippen LogP contribution in [0.5, 0.6) is 0 Å². The molecule has 0 aromatic rings. The molecule has 0 fully saturated rings. The fraction of sp³-hybridized carbons (Fsp3) is 0. The van der Waals surface area contributed by atoms with Crippen molar-refractivity contribution >= 4 is 34.2 Å². The second kappa shape index (κ2) is 2.43. The van der Waals surface area contributed by atoms with Crippen LogP contribution in [0.2, 0.25) is 0 Å². The quantitative estimate of drug-likeness (QED) is 0.356. The molecule has 1 aliphatic carbocycles. The normalized spacial score (nSPS) is 18.1. The van der Waals surface area contributed by atoms with Crippen LogP contribution in [0.1, 0.15) is 0 Å². The maximum absolute atomic E-state index is 10.6. The van der Waals surface area contributed by atoms with Gasteiger partial charge in [-0.2, -0.15) is 0 Å². The molecular weight excluding hydrogens is 231 g/mol. The molecule has 0 N–H and O–H groups in total. The number of carbonyl (C=O) groups is 2. The maximum atomic E-state index is 10.6. The van der Waals surface area contributed by atoms with Crippen molar-refractivity contribution in [2.45, 2.75) is 0 Å². The first-order chi connectivity index (χ1) is 4.22. The van der Waals surface area contributed by atoms with E-state index in [-0.39, 0.29) is 0 Å². The fourth-order valence-corrected chi connectivity index (χ4v) is 0.962. The molecule has 0 spiro atoms.